The molecule has 1 fully saturated rings. The number of carbonyl (C=O) groups excluding carboxylic acids is 1. The van der Waals surface area contributed by atoms with E-state index in [2.05, 4.69) is 10.3 Å². The zero-order valence-electron chi connectivity index (χ0n) is 9.40. The fourth-order valence-electron chi connectivity index (χ4n) is 2.13. The number of carbonyl (C=O) groups is 1. The third-order valence-electron chi connectivity index (χ3n) is 3.08. The number of nitrogens with one attached hydrogen (secondary N) is 1. The molecule has 92 valence electrons. The average molecular weight is 255 g/mol. The predicted molar refractivity (Wildman–Crippen MR) is 64.9 cm³/mol. The Hall–Kier alpha value is -1.13. The van der Waals surface area contributed by atoms with Crippen LogP contribution in [0.4, 0.5) is 0 Å². The van der Waals surface area contributed by atoms with Crippen LogP contribution in [0.5, 0.6) is 0 Å². The van der Waals surface area contributed by atoms with Crippen LogP contribution in [0.1, 0.15) is 29.6 Å². The number of amides is 1. The molecular weight excluding hydrogens is 240 g/mol. The maximum absolute atomic E-state index is 11.8. The van der Waals surface area contributed by atoms with Gasteiger partial charge in [-0.05, 0) is 31.2 Å². The van der Waals surface area contributed by atoms with Gasteiger partial charge in [-0.2, -0.15) is 0 Å². The fraction of sp³-hybridized carbons (Fsp3) is 0.500. The first-order valence-corrected chi connectivity index (χ1v) is 6.10. The molecule has 1 aromatic heterocycles. The first kappa shape index (κ1) is 12.3. The Morgan fingerprint density at radius 2 is 2.41 bits per heavy atom. The van der Waals surface area contributed by atoms with E-state index in [1.54, 1.807) is 12.3 Å². The number of aliphatic hydroxyl groups excluding tert-OH is 1. The minimum Gasteiger partial charge on any atom is -0.393 e. The lowest BCUT2D eigenvalue weighted by atomic mass is 10.1. The smallest absolute Gasteiger partial charge is 0.252 e. The van der Waals surface area contributed by atoms with Crippen molar-refractivity contribution in [3.63, 3.8) is 0 Å². The third kappa shape index (κ3) is 3.17. The highest BCUT2D eigenvalue weighted by molar-refractivity contribution is 6.33. The summed E-state index contributed by atoms with van der Waals surface area (Å²) in [6.07, 6.45) is 5.35. The summed E-state index contributed by atoms with van der Waals surface area (Å²) in [5.74, 6) is 0.188. The van der Waals surface area contributed by atoms with Crippen LogP contribution >= 0.6 is 11.6 Å². The van der Waals surface area contributed by atoms with Crippen molar-refractivity contribution < 1.29 is 9.90 Å². The summed E-state index contributed by atoms with van der Waals surface area (Å²) in [6, 6.07) is 1.60. The first-order chi connectivity index (χ1) is 8.16. The van der Waals surface area contributed by atoms with Gasteiger partial charge in [0.25, 0.3) is 5.91 Å². The van der Waals surface area contributed by atoms with E-state index in [0.29, 0.717) is 23.0 Å². The minimum atomic E-state index is -0.207. The summed E-state index contributed by atoms with van der Waals surface area (Å²) in [5, 5.41) is 12.6. The molecule has 0 spiro atoms. The minimum absolute atomic E-state index is 0.182. The Morgan fingerprint density at radius 3 is 3.06 bits per heavy atom. The number of rotatable bonds is 3. The largest absolute Gasteiger partial charge is 0.393 e. The molecule has 0 aliphatic heterocycles. The van der Waals surface area contributed by atoms with Gasteiger partial charge < -0.3 is 10.4 Å². The van der Waals surface area contributed by atoms with E-state index in [1.807, 2.05) is 0 Å². The van der Waals surface area contributed by atoms with Crippen LogP contribution in [-0.2, 0) is 0 Å². The van der Waals surface area contributed by atoms with Crippen molar-refractivity contribution in [1.29, 1.82) is 0 Å². The number of aliphatic hydroxyl groups is 1. The molecule has 0 aromatic carbocycles. The normalized spacial score (nSPS) is 23.6. The van der Waals surface area contributed by atoms with Gasteiger partial charge in [-0.1, -0.05) is 11.6 Å². The Labute approximate surface area is 105 Å². The Balaban J connectivity index is 1.88. The molecule has 4 nitrogen and oxygen atoms in total. The van der Waals surface area contributed by atoms with E-state index in [-0.39, 0.29) is 12.0 Å². The average Bonchev–Trinajstić information content (AvgIpc) is 2.73. The molecule has 1 heterocycles. The molecule has 0 radical (unpaired) electrons. The third-order valence-corrected chi connectivity index (χ3v) is 3.38. The second kappa shape index (κ2) is 5.47. The summed E-state index contributed by atoms with van der Waals surface area (Å²) in [7, 11) is 0. The second-order valence-electron chi connectivity index (χ2n) is 4.40. The maximum Gasteiger partial charge on any atom is 0.252 e. The summed E-state index contributed by atoms with van der Waals surface area (Å²) in [6.45, 7) is 0.592. The van der Waals surface area contributed by atoms with Gasteiger partial charge in [-0.25, -0.2) is 0 Å². The van der Waals surface area contributed by atoms with Gasteiger partial charge in [0.15, 0.2) is 0 Å². The summed E-state index contributed by atoms with van der Waals surface area (Å²) in [5.41, 5.74) is 0.445. The van der Waals surface area contributed by atoms with Crippen LogP contribution in [0.15, 0.2) is 18.5 Å². The Kier molecular flexibility index (Phi) is 3.97. The van der Waals surface area contributed by atoms with E-state index in [4.69, 9.17) is 11.6 Å². The van der Waals surface area contributed by atoms with Gasteiger partial charge in [-0.3, -0.25) is 9.78 Å². The zero-order chi connectivity index (χ0) is 12.3. The van der Waals surface area contributed by atoms with Crippen molar-refractivity contribution in [2.45, 2.75) is 25.4 Å². The molecule has 5 heteroatoms. The molecule has 1 aliphatic carbocycles. The van der Waals surface area contributed by atoms with E-state index < -0.39 is 0 Å². The number of hydrogen-bond donors (Lipinski definition) is 2. The van der Waals surface area contributed by atoms with Gasteiger partial charge in [0.05, 0.1) is 16.7 Å². The van der Waals surface area contributed by atoms with E-state index in [9.17, 15) is 9.90 Å². The standard InChI is InChI=1S/C12H15ClN2O2/c13-11-7-14-4-3-10(11)12(17)15-6-8-1-2-9(16)5-8/h3-4,7-9,16H,1-2,5-6H2,(H,15,17). The van der Waals surface area contributed by atoms with Crippen LogP contribution in [0.3, 0.4) is 0 Å². The van der Waals surface area contributed by atoms with Crippen molar-refractivity contribution in [3.8, 4) is 0 Å². The lowest BCUT2D eigenvalue weighted by Crippen LogP contribution is -2.28. The summed E-state index contributed by atoms with van der Waals surface area (Å²) in [4.78, 5) is 15.6. The SMILES string of the molecule is O=C(NCC1CCC(O)C1)c1ccncc1Cl. The quantitative estimate of drug-likeness (QED) is 0.862. The van der Waals surface area contributed by atoms with Gasteiger partial charge in [0, 0.05) is 18.9 Å². The molecule has 17 heavy (non-hydrogen) atoms. The molecule has 1 aromatic rings. The van der Waals surface area contributed by atoms with Crippen molar-refractivity contribution in [1.82, 2.24) is 10.3 Å². The van der Waals surface area contributed by atoms with Crippen LogP contribution in [0.2, 0.25) is 5.02 Å². The van der Waals surface area contributed by atoms with Crippen molar-refractivity contribution in [2.75, 3.05) is 6.54 Å². The van der Waals surface area contributed by atoms with E-state index >= 15 is 0 Å². The maximum atomic E-state index is 11.8. The second-order valence-corrected chi connectivity index (χ2v) is 4.81. The van der Waals surface area contributed by atoms with Crippen molar-refractivity contribution >= 4 is 17.5 Å². The molecule has 2 rings (SSSR count). The topological polar surface area (TPSA) is 62.2 Å². The Bertz CT molecular complexity index is 411. The first-order valence-electron chi connectivity index (χ1n) is 5.72. The van der Waals surface area contributed by atoms with Crippen LogP contribution in [0.25, 0.3) is 0 Å². The van der Waals surface area contributed by atoms with Gasteiger partial charge in [0.2, 0.25) is 0 Å². The Morgan fingerprint density at radius 1 is 1.59 bits per heavy atom. The van der Waals surface area contributed by atoms with Crippen LogP contribution < -0.4 is 5.32 Å². The molecule has 2 unspecified atom stereocenters. The number of halogens is 1. The number of pyridine rings is 1. The highest BCUT2D eigenvalue weighted by Gasteiger charge is 2.23. The summed E-state index contributed by atoms with van der Waals surface area (Å²) >= 11 is 5.87. The molecule has 1 aliphatic rings. The molecule has 2 atom stereocenters. The number of aromatic nitrogens is 1. The lowest BCUT2D eigenvalue weighted by molar-refractivity contribution is 0.0945. The lowest BCUT2D eigenvalue weighted by Gasteiger charge is -2.11. The van der Waals surface area contributed by atoms with Crippen molar-refractivity contribution in [3.05, 3.63) is 29.0 Å². The van der Waals surface area contributed by atoms with Gasteiger partial charge in [-0.15, -0.1) is 0 Å². The highest BCUT2D eigenvalue weighted by atomic mass is 35.5. The van der Waals surface area contributed by atoms with Crippen molar-refractivity contribution in [2.24, 2.45) is 5.92 Å². The van der Waals surface area contributed by atoms with Gasteiger partial charge >= 0.3 is 0 Å². The fourth-order valence-corrected chi connectivity index (χ4v) is 2.33. The van der Waals surface area contributed by atoms with Gasteiger partial charge in [0.1, 0.15) is 0 Å². The molecule has 2 N–H and O–H groups in total. The van der Waals surface area contributed by atoms with E-state index in [1.165, 1.54) is 6.20 Å². The molecular formula is C12H15ClN2O2. The van der Waals surface area contributed by atoms with Crippen LogP contribution in [-0.4, -0.2) is 28.6 Å². The number of hydrogen-bond acceptors (Lipinski definition) is 3. The molecule has 0 saturated heterocycles. The molecule has 1 amide bonds. The summed E-state index contributed by atoms with van der Waals surface area (Å²) < 4.78 is 0. The van der Waals surface area contributed by atoms with Crippen LogP contribution in [0, 0.1) is 5.92 Å². The number of nitrogens with zero attached hydrogens (tertiary/aromatic N) is 1. The molecule has 0 bridgehead atoms. The molecule has 1 saturated carbocycles. The monoisotopic (exact) mass is 254 g/mol. The zero-order valence-corrected chi connectivity index (χ0v) is 10.2. The highest BCUT2D eigenvalue weighted by Crippen LogP contribution is 2.24. The predicted octanol–water partition coefficient (Wildman–Crippen LogP) is 1.63. The van der Waals surface area contributed by atoms with E-state index in [0.717, 1.165) is 19.3 Å².